The number of hydrogen-bond donors (Lipinski definition) is 1. The zero-order chi connectivity index (χ0) is 16.4. The molecule has 118 valence electrons. The molecule has 3 heterocycles. The molecular formula is C14H15N7OS. The predicted molar refractivity (Wildman–Crippen MR) is 85.4 cm³/mol. The number of nitrogens with one attached hydrogen (secondary N) is 1. The summed E-state index contributed by atoms with van der Waals surface area (Å²) in [5, 5.41) is 10.7. The van der Waals surface area contributed by atoms with Crippen LogP contribution in [0.3, 0.4) is 0 Å². The Morgan fingerprint density at radius 3 is 2.74 bits per heavy atom. The predicted octanol–water partition coefficient (Wildman–Crippen LogP) is 1.75. The molecule has 0 atom stereocenters. The molecule has 0 aliphatic heterocycles. The van der Waals surface area contributed by atoms with Gasteiger partial charge >= 0.3 is 0 Å². The number of aryl methyl sites for hydroxylation is 2. The zero-order valence-corrected chi connectivity index (χ0v) is 13.8. The highest BCUT2D eigenvalue weighted by molar-refractivity contribution is 6.99. The normalized spacial score (nSPS) is 10.7. The molecule has 0 fully saturated rings. The zero-order valence-electron chi connectivity index (χ0n) is 12.9. The van der Waals surface area contributed by atoms with Crippen molar-refractivity contribution < 1.29 is 4.79 Å². The van der Waals surface area contributed by atoms with E-state index in [0.717, 1.165) is 28.7 Å². The molecule has 0 saturated heterocycles. The maximum Gasteiger partial charge on any atom is 0.279 e. The number of aromatic nitrogens is 6. The van der Waals surface area contributed by atoms with Crippen molar-refractivity contribution in [2.45, 2.75) is 27.3 Å². The smallest absolute Gasteiger partial charge is 0.279 e. The second-order valence-corrected chi connectivity index (χ2v) is 5.68. The van der Waals surface area contributed by atoms with E-state index in [1.807, 2.05) is 19.9 Å². The van der Waals surface area contributed by atoms with Crippen molar-refractivity contribution >= 4 is 23.5 Å². The van der Waals surface area contributed by atoms with E-state index in [4.69, 9.17) is 0 Å². The van der Waals surface area contributed by atoms with Crippen molar-refractivity contribution in [1.82, 2.24) is 28.7 Å². The van der Waals surface area contributed by atoms with E-state index < -0.39 is 0 Å². The first-order chi connectivity index (χ1) is 11.0. The molecule has 9 heteroatoms. The molecule has 1 N–H and O–H groups in total. The van der Waals surface area contributed by atoms with Gasteiger partial charge in [-0.1, -0.05) is 11.3 Å². The molecule has 0 unspecified atom stereocenters. The molecule has 3 aromatic rings. The van der Waals surface area contributed by atoms with Gasteiger partial charge in [0.15, 0.2) is 5.69 Å². The number of nitrogens with zero attached hydrogens (tertiary/aromatic N) is 6. The van der Waals surface area contributed by atoms with Crippen LogP contribution in [0.25, 0.3) is 0 Å². The van der Waals surface area contributed by atoms with Crippen molar-refractivity contribution in [2.24, 2.45) is 0 Å². The molecule has 0 aromatic carbocycles. The highest BCUT2D eigenvalue weighted by Gasteiger charge is 2.18. The Morgan fingerprint density at radius 2 is 2.09 bits per heavy atom. The van der Waals surface area contributed by atoms with Crippen LogP contribution < -0.4 is 5.32 Å². The van der Waals surface area contributed by atoms with Crippen molar-refractivity contribution in [3.8, 4) is 0 Å². The Balaban J connectivity index is 1.77. The summed E-state index contributed by atoms with van der Waals surface area (Å²) in [5.74, 6) is 0.146. The van der Waals surface area contributed by atoms with E-state index in [0.29, 0.717) is 18.1 Å². The van der Waals surface area contributed by atoms with E-state index in [-0.39, 0.29) is 11.6 Å². The van der Waals surface area contributed by atoms with Crippen LogP contribution in [0.1, 0.15) is 33.1 Å². The molecule has 0 aliphatic carbocycles. The monoisotopic (exact) mass is 329 g/mol. The minimum absolute atomic E-state index is 0.271. The molecule has 0 spiro atoms. The summed E-state index contributed by atoms with van der Waals surface area (Å²) in [6.07, 6.45) is 1.69. The van der Waals surface area contributed by atoms with Gasteiger partial charge in [-0.2, -0.15) is 8.75 Å². The number of anilines is 1. The van der Waals surface area contributed by atoms with Gasteiger partial charge in [0.25, 0.3) is 5.91 Å². The van der Waals surface area contributed by atoms with Crippen molar-refractivity contribution in [3.05, 3.63) is 46.7 Å². The first kappa shape index (κ1) is 15.2. The lowest BCUT2D eigenvalue weighted by molar-refractivity contribution is 0.102. The van der Waals surface area contributed by atoms with Gasteiger partial charge in [0.05, 0.1) is 35.4 Å². The van der Waals surface area contributed by atoms with Gasteiger partial charge in [0.2, 0.25) is 0 Å². The summed E-state index contributed by atoms with van der Waals surface area (Å²) in [7, 11) is 0. The van der Waals surface area contributed by atoms with E-state index in [9.17, 15) is 4.79 Å². The number of amides is 1. The van der Waals surface area contributed by atoms with Gasteiger partial charge in [-0.3, -0.25) is 4.79 Å². The lowest BCUT2D eigenvalue weighted by Crippen LogP contribution is -2.15. The van der Waals surface area contributed by atoms with Gasteiger partial charge in [-0.15, -0.1) is 5.10 Å². The molecule has 0 saturated carbocycles. The summed E-state index contributed by atoms with van der Waals surface area (Å²) >= 11 is 1.16. The third-order valence-electron chi connectivity index (χ3n) is 3.40. The summed E-state index contributed by atoms with van der Waals surface area (Å²) in [5.41, 5.74) is 3.66. The standard InChI is InChI=1S/C14H15N7OS/c1-8-4-5-12(15-6-8)16-14(22)13-10(3)21(20-17-13)7-11-9(2)18-23-19-11/h4-6H,7H2,1-3H3,(H,15,16,22). The fourth-order valence-electron chi connectivity index (χ4n) is 1.97. The van der Waals surface area contributed by atoms with E-state index >= 15 is 0 Å². The third kappa shape index (κ3) is 3.24. The van der Waals surface area contributed by atoms with E-state index in [2.05, 4.69) is 29.4 Å². The summed E-state index contributed by atoms with van der Waals surface area (Å²) in [4.78, 5) is 16.5. The quantitative estimate of drug-likeness (QED) is 0.783. The minimum atomic E-state index is -0.335. The molecule has 1 amide bonds. The van der Waals surface area contributed by atoms with Crippen LogP contribution in [0.5, 0.6) is 0 Å². The average Bonchev–Trinajstić information content (AvgIpc) is 3.09. The molecule has 0 aliphatic rings. The lowest BCUT2D eigenvalue weighted by atomic mass is 10.3. The first-order valence-electron chi connectivity index (χ1n) is 6.96. The number of carbonyl (C=O) groups is 1. The van der Waals surface area contributed by atoms with Crippen molar-refractivity contribution in [1.29, 1.82) is 0 Å². The molecule has 8 nitrogen and oxygen atoms in total. The molecule has 3 aromatic heterocycles. The highest BCUT2D eigenvalue weighted by Crippen LogP contribution is 2.12. The topological polar surface area (TPSA) is 98.5 Å². The van der Waals surface area contributed by atoms with Crippen LogP contribution in [0, 0.1) is 20.8 Å². The summed E-state index contributed by atoms with van der Waals surface area (Å²) in [6.45, 7) is 6.06. The van der Waals surface area contributed by atoms with Crippen LogP contribution in [-0.2, 0) is 6.54 Å². The van der Waals surface area contributed by atoms with Crippen molar-refractivity contribution in [2.75, 3.05) is 5.32 Å². The Bertz CT molecular complexity index is 837. The van der Waals surface area contributed by atoms with Crippen LogP contribution in [0.15, 0.2) is 18.3 Å². The summed E-state index contributed by atoms with van der Waals surface area (Å²) < 4.78 is 9.98. The molecule has 3 rings (SSSR count). The molecule has 23 heavy (non-hydrogen) atoms. The van der Waals surface area contributed by atoms with E-state index in [1.165, 1.54) is 0 Å². The minimum Gasteiger partial charge on any atom is -0.305 e. The fourth-order valence-corrected chi connectivity index (χ4v) is 2.53. The first-order valence-corrected chi connectivity index (χ1v) is 7.69. The second-order valence-electron chi connectivity index (χ2n) is 5.15. The van der Waals surface area contributed by atoms with Gasteiger partial charge in [-0.25, -0.2) is 9.67 Å². The van der Waals surface area contributed by atoms with Gasteiger partial charge in [-0.05, 0) is 32.4 Å². The Labute approximate surface area is 136 Å². The van der Waals surface area contributed by atoms with Crippen molar-refractivity contribution in [3.63, 3.8) is 0 Å². The Morgan fingerprint density at radius 1 is 1.26 bits per heavy atom. The average molecular weight is 329 g/mol. The highest BCUT2D eigenvalue weighted by atomic mass is 32.1. The van der Waals surface area contributed by atoms with Crippen LogP contribution in [-0.4, -0.2) is 34.6 Å². The summed E-state index contributed by atoms with van der Waals surface area (Å²) in [6, 6.07) is 3.63. The Hall–Kier alpha value is -2.68. The number of pyridine rings is 1. The maximum atomic E-state index is 12.3. The Kier molecular flexibility index (Phi) is 4.11. The van der Waals surface area contributed by atoms with Crippen LogP contribution in [0.4, 0.5) is 5.82 Å². The molecule has 0 radical (unpaired) electrons. The molecular weight excluding hydrogens is 314 g/mol. The lowest BCUT2D eigenvalue weighted by Gasteiger charge is -2.04. The van der Waals surface area contributed by atoms with E-state index in [1.54, 1.807) is 23.9 Å². The maximum absolute atomic E-state index is 12.3. The number of hydrogen-bond acceptors (Lipinski definition) is 7. The van der Waals surface area contributed by atoms with Gasteiger partial charge in [0, 0.05) is 6.20 Å². The SMILES string of the molecule is Cc1ccc(NC(=O)c2nnn(Cc3nsnc3C)c2C)nc1. The third-order valence-corrected chi connectivity index (χ3v) is 4.05. The largest absolute Gasteiger partial charge is 0.305 e. The number of rotatable bonds is 4. The fraction of sp³-hybridized carbons (Fsp3) is 0.286. The molecule has 0 bridgehead atoms. The second kappa shape index (κ2) is 6.21. The van der Waals surface area contributed by atoms with Crippen LogP contribution >= 0.6 is 11.7 Å². The van der Waals surface area contributed by atoms with Gasteiger partial charge in [0.1, 0.15) is 5.82 Å². The van der Waals surface area contributed by atoms with Gasteiger partial charge < -0.3 is 5.32 Å². The number of carbonyl (C=O) groups excluding carboxylic acids is 1. The van der Waals surface area contributed by atoms with Crippen LogP contribution in [0.2, 0.25) is 0 Å².